The normalized spacial score (nSPS) is 18.0. The number of aryl methyl sites for hydroxylation is 2. The van der Waals surface area contributed by atoms with Gasteiger partial charge in [-0.25, -0.2) is 0 Å². The van der Waals surface area contributed by atoms with E-state index in [-0.39, 0.29) is 0 Å². The quantitative estimate of drug-likeness (QED) is 0.775. The highest BCUT2D eigenvalue weighted by molar-refractivity contribution is 5.01. The number of hydrogen-bond acceptors (Lipinski definition) is 2. The first-order chi connectivity index (χ1) is 7.31. The second kappa shape index (κ2) is 4.79. The molecule has 0 saturated heterocycles. The van der Waals surface area contributed by atoms with Gasteiger partial charge < -0.3 is 5.73 Å². The number of aromatic nitrogens is 2. The first-order valence-electron chi connectivity index (χ1n) is 6.07. The molecule has 0 bridgehead atoms. The summed E-state index contributed by atoms with van der Waals surface area (Å²) < 4.78 is 2.11. The molecule has 1 aliphatic rings. The lowest BCUT2D eigenvalue weighted by Gasteiger charge is -2.10. The summed E-state index contributed by atoms with van der Waals surface area (Å²) in [6, 6.07) is 2.53. The molecule has 1 aromatic rings. The van der Waals surface area contributed by atoms with Gasteiger partial charge in [0, 0.05) is 24.5 Å². The predicted molar refractivity (Wildman–Crippen MR) is 61.5 cm³/mol. The van der Waals surface area contributed by atoms with Crippen molar-refractivity contribution in [1.29, 1.82) is 0 Å². The summed E-state index contributed by atoms with van der Waals surface area (Å²) in [5.41, 5.74) is 7.43. The van der Waals surface area contributed by atoms with Crippen LogP contribution in [0.5, 0.6) is 0 Å². The SMILES string of the molecule is CCCn1nccc1CCC(N)C1CC1. The van der Waals surface area contributed by atoms with Gasteiger partial charge in [0.25, 0.3) is 0 Å². The fourth-order valence-electron chi connectivity index (χ4n) is 2.06. The fraction of sp³-hybridized carbons (Fsp3) is 0.750. The third-order valence-electron chi connectivity index (χ3n) is 3.20. The molecule has 15 heavy (non-hydrogen) atoms. The molecule has 3 heteroatoms. The van der Waals surface area contributed by atoms with Gasteiger partial charge in [-0.05, 0) is 44.1 Å². The average molecular weight is 207 g/mol. The minimum atomic E-state index is 0.412. The van der Waals surface area contributed by atoms with Crippen molar-refractivity contribution in [2.24, 2.45) is 11.7 Å². The molecular formula is C12H21N3. The van der Waals surface area contributed by atoms with Gasteiger partial charge in [0.15, 0.2) is 0 Å². The summed E-state index contributed by atoms with van der Waals surface area (Å²) in [5.74, 6) is 0.813. The molecule has 1 atom stereocenters. The number of nitrogens with two attached hydrogens (primary N) is 1. The standard InChI is InChI=1S/C12H21N3/c1-2-9-15-11(7-8-14-15)5-6-12(13)10-3-4-10/h7-8,10,12H,2-6,9,13H2,1H3. The number of hydrogen-bond donors (Lipinski definition) is 1. The molecule has 84 valence electrons. The Bertz CT molecular complexity index is 302. The second-order valence-corrected chi connectivity index (χ2v) is 4.59. The highest BCUT2D eigenvalue weighted by Gasteiger charge is 2.28. The molecule has 0 radical (unpaired) electrons. The zero-order chi connectivity index (χ0) is 10.7. The Kier molecular flexibility index (Phi) is 3.41. The fourth-order valence-corrected chi connectivity index (χ4v) is 2.06. The smallest absolute Gasteiger partial charge is 0.0492 e. The van der Waals surface area contributed by atoms with Crippen molar-refractivity contribution in [2.45, 2.75) is 51.6 Å². The maximum Gasteiger partial charge on any atom is 0.0492 e. The molecule has 2 N–H and O–H groups in total. The molecular weight excluding hydrogens is 186 g/mol. The van der Waals surface area contributed by atoms with Crippen LogP contribution in [0, 0.1) is 5.92 Å². The Labute approximate surface area is 91.7 Å². The van der Waals surface area contributed by atoms with Crippen LogP contribution in [0.15, 0.2) is 12.3 Å². The lowest BCUT2D eigenvalue weighted by Crippen LogP contribution is -2.23. The van der Waals surface area contributed by atoms with Crippen LogP contribution in [-0.2, 0) is 13.0 Å². The molecule has 0 aromatic carbocycles. The van der Waals surface area contributed by atoms with Crippen LogP contribution in [0.1, 0.15) is 38.3 Å². The Hall–Kier alpha value is -0.830. The third kappa shape index (κ3) is 2.81. The van der Waals surface area contributed by atoms with E-state index in [0.717, 1.165) is 31.7 Å². The van der Waals surface area contributed by atoms with E-state index in [1.54, 1.807) is 0 Å². The topological polar surface area (TPSA) is 43.8 Å². The van der Waals surface area contributed by atoms with Gasteiger partial charge in [-0.2, -0.15) is 5.10 Å². The molecule has 3 nitrogen and oxygen atoms in total. The summed E-state index contributed by atoms with van der Waals surface area (Å²) in [4.78, 5) is 0. The van der Waals surface area contributed by atoms with Crippen LogP contribution in [-0.4, -0.2) is 15.8 Å². The van der Waals surface area contributed by atoms with Crippen LogP contribution in [0.3, 0.4) is 0 Å². The van der Waals surface area contributed by atoms with Crippen molar-refractivity contribution in [3.8, 4) is 0 Å². The third-order valence-corrected chi connectivity index (χ3v) is 3.20. The molecule has 1 aromatic heterocycles. The van der Waals surface area contributed by atoms with E-state index in [0.29, 0.717) is 6.04 Å². The lowest BCUT2D eigenvalue weighted by molar-refractivity contribution is 0.517. The van der Waals surface area contributed by atoms with Gasteiger partial charge in [0.1, 0.15) is 0 Å². The number of nitrogens with zero attached hydrogens (tertiary/aromatic N) is 2. The maximum absolute atomic E-state index is 6.09. The molecule has 2 rings (SSSR count). The Morgan fingerprint density at radius 2 is 2.40 bits per heavy atom. The van der Waals surface area contributed by atoms with Crippen molar-refractivity contribution in [3.05, 3.63) is 18.0 Å². The van der Waals surface area contributed by atoms with E-state index in [1.807, 2.05) is 6.20 Å². The van der Waals surface area contributed by atoms with Crippen molar-refractivity contribution in [3.63, 3.8) is 0 Å². The summed E-state index contributed by atoms with van der Waals surface area (Å²) in [5, 5.41) is 4.32. The Balaban J connectivity index is 1.83. The summed E-state index contributed by atoms with van der Waals surface area (Å²) in [6.45, 7) is 3.21. The number of rotatable bonds is 6. The van der Waals surface area contributed by atoms with Gasteiger partial charge in [-0.15, -0.1) is 0 Å². The molecule has 1 fully saturated rings. The van der Waals surface area contributed by atoms with Gasteiger partial charge in [-0.3, -0.25) is 4.68 Å². The van der Waals surface area contributed by atoms with E-state index in [9.17, 15) is 0 Å². The summed E-state index contributed by atoms with van der Waals surface area (Å²) >= 11 is 0. The minimum absolute atomic E-state index is 0.412. The Morgan fingerprint density at radius 3 is 3.07 bits per heavy atom. The van der Waals surface area contributed by atoms with E-state index in [2.05, 4.69) is 22.8 Å². The Morgan fingerprint density at radius 1 is 1.60 bits per heavy atom. The second-order valence-electron chi connectivity index (χ2n) is 4.59. The zero-order valence-electron chi connectivity index (χ0n) is 9.52. The van der Waals surface area contributed by atoms with Crippen molar-refractivity contribution in [1.82, 2.24) is 9.78 Å². The molecule has 1 aliphatic carbocycles. The van der Waals surface area contributed by atoms with Crippen LogP contribution < -0.4 is 5.73 Å². The van der Waals surface area contributed by atoms with E-state index >= 15 is 0 Å². The van der Waals surface area contributed by atoms with Crippen molar-refractivity contribution < 1.29 is 0 Å². The highest BCUT2D eigenvalue weighted by Crippen LogP contribution is 2.33. The van der Waals surface area contributed by atoms with Crippen molar-refractivity contribution in [2.75, 3.05) is 0 Å². The molecule has 1 saturated carbocycles. The summed E-state index contributed by atoms with van der Waals surface area (Å²) in [6.07, 6.45) is 7.92. The van der Waals surface area contributed by atoms with E-state index in [1.165, 1.54) is 18.5 Å². The van der Waals surface area contributed by atoms with E-state index < -0.39 is 0 Å². The lowest BCUT2D eigenvalue weighted by atomic mass is 10.1. The van der Waals surface area contributed by atoms with Gasteiger partial charge in [-0.1, -0.05) is 6.92 Å². The minimum Gasteiger partial charge on any atom is -0.327 e. The monoisotopic (exact) mass is 207 g/mol. The van der Waals surface area contributed by atoms with Crippen LogP contribution in [0.2, 0.25) is 0 Å². The van der Waals surface area contributed by atoms with Gasteiger partial charge in [0.2, 0.25) is 0 Å². The maximum atomic E-state index is 6.09. The zero-order valence-corrected chi connectivity index (χ0v) is 9.52. The van der Waals surface area contributed by atoms with Crippen LogP contribution in [0.25, 0.3) is 0 Å². The van der Waals surface area contributed by atoms with Crippen LogP contribution in [0.4, 0.5) is 0 Å². The van der Waals surface area contributed by atoms with E-state index in [4.69, 9.17) is 5.73 Å². The summed E-state index contributed by atoms with van der Waals surface area (Å²) in [7, 11) is 0. The first kappa shape index (κ1) is 10.7. The average Bonchev–Trinajstić information content (AvgIpc) is 2.99. The van der Waals surface area contributed by atoms with Crippen LogP contribution >= 0.6 is 0 Å². The largest absolute Gasteiger partial charge is 0.327 e. The van der Waals surface area contributed by atoms with Gasteiger partial charge in [0.05, 0.1) is 0 Å². The first-order valence-corrected chi connectivity index (χ1v) is 6.07. The molecule has 1 heterocycles. The molecule has 1 unspecified atom stereocenters. The molecule has 0 spiro atoms. The molecule has 0 amide bonds. The highest BCUT2D eigenvalue weighted by atomic mass is 15.3. The van der Waals surface area contributed by atoms with Gasteiger partial charge >= 0.3 is 0 Å². The molecule has 0 aliphatic heterocycles. The van der Waals surface area contributed by atoms with Crippen molar-refractivity contribution >= 4 is 0 Å². The predicted octanol–water partition coefficient (Wildman–Crippen LogP) is 1.96.